The summed E-state index contributed by atoms with van der Waals surface area (Å²) in [6.45, 7) is 3.22. The SMILES string of the molecule is COc1ccc(-c2ccc(N3CCCN(C(=O)CN(CCc4ccccc4)C(=O)c4cccs4)CC3)nn2)cc1. The van der Waals surface area contributed by atoms with Gasteiger partial charge in [-0.25, -0.2) is 0 Å². The van der Waals surface area contributed by atoms with Crippen LogP contribution in [-0.2, 0) is 11.2 Å². The van der Waals surface area contributed by atoms with Crippen molar-refractivity contribution in [3.63, 3.8) is 0 Å². The molecule has 9 heteroatoms. The number of anilines is 1. The van der Waals surface area contributed by atoms with E-state index in [0.717, 1.165) is 41.4 Å². The van der Waals surface area contributed by atoms with Gasteiger partial charge in [0.05, 0.1) is 17.7 Å². The van der Waals surface area contributed by atoms with Gasteiger partial charge in [-0.1, -0.05) is 36.4 Å². The highest BCUT2D eigenvalue weighted by Gasteiger charge is 2.25. The van der Waals surface area contributed by atoms with Crippen molar-refractivity contribution in [3.05, 3.63) is 94.7 Å². The number of aromatic nitrogens is 2. The molecule has 0 bridgehead atoms. The van der Waals surface area contributed by atoms with Crippen molar-refractivity contribution in [2.24, 2.45) is 0 Å². The molecular formula is C31H33N5O3S. The molecule has 2 aromatic heterocycles. The molecule has 2 aromatic carbocycles. The van der Waals surface area contributed by atoms with Crippen LogP contribution in [0, 0.1) is 0 Å². The van der Waals surface area contributed by atoms with Crippen molar-refractivity contribution in [1.82, 2.24) is 20.0 Å². The number of rotatable bonds is 9. The zero-order valence-corrected chi connectivity index (χ0v) is 23.4. The maximum atomic E-state index is 13.4. The highest BCUT2D eigenvalue weighted by atomic mass is 32.1. The molecule has 8 nitrogen and oxygen atoms in total. The number of ether oxygens (including phenoxy) is 1. The molecule has 1 aliphatic rings. The molecule has 3 heterocycles. The van der Waals surface area contributed by atoms with Crippen molar-refractivity contribution >= 4 is 29.0 Å². The van der Waals surface area contributed by atoms with Crippen LogP contribution in [0.2, 0.25) is 0 Å². The third-order valence-electron chi connectivity index (χ3n) is 7.07. The Balaban J connectivity index is 1.20. The number of methoxy groups -OCH3 is 1. The number of thiophene rings is 1. The Morgan fingerprint density at radius 1 is 0.900 bits per heavy atom. The number of carbonyl (C=O) groups excluding carboxylic acids is 2. The molecule has 4 aromatic rings. The zero-order chi connectivity index (χ0) is 27.7. The van der Waals surface area contributed by atoms with Gasteiger partial charge in [-0.05, 0) is 66.2 Å². The summed E-state index contributed by atoms with van der Waals surface area (Å²) >= 11 is 1.40. The summed E-state index contributed by atoms with van der Waals surface area (Å²) in [6, 6.07) is 25.4. The van der Waals surface area contributed by atoms with Crippen LogP contribution < -0.4 is 9.64 Å². The first-order valence-electron chi connectivity index (χ1n) is 13.5. The van der Waals surface area contributed by atoms with Crippen LogP contribution >= 0.6 is 11.3 Å². The Hall–Kier alpha value is -4.24. The maximum absolute atomic E-state index is 13.4. The predicted octanol–water partition coefficient (Wildman–Crippen LogP) is 4.64. The van der Waals surface area contributed by atoms with Gasteiger partial charge in [-0.3, -0.25) is 9.59 Å². The molecule has 1 saturated heterocycles. The van der Waals surface area contributed by atoms with Gasteiger partial charge in [0.25, 0.3) is 5.91 Å². The Morgan fingerprint density at radius 3 is 2.42 bits per heavy atom. The Bertz CT molecular complexity index is 1380. The van der Waals surface area contributed by atoms with E-state index in [9.17, 15) is 9.59 Å². The van der Waals surface area contributed by atoms with Crippen LogP contribution in [-0.4, -0.2) is 78.2 Å². The van der Waals surface area contributed by atoms with E-state index in [1.807, 2.05) is 89.1 Å². The molecule has 40 heavy (non-hydrogen) atoms. The number of amides is 2. The molecule has 0 saturated carbocycles. The highest BCUT2D eigenvalue weighted by Crippen LogP contribution is 2.22. The molecule has 206 valence electrons. The van der Waals surface area contributed by atoms with Crippen LogP contribution in [0.25, 0.3) is 11.3 Å². The number of hydrogen-bond donors (Lipinski definition) is 0. The summed E-state index contributed by atoms with van der Waals surface area (Å²) in [6.07, 6.45) is 1.51. The van der Waals surface area contributed by atoms with E-state index in [4.69, 9.17) is 4.74 Å². The second-order valence-corrected chi connectivity index (χ2v) is 10.6. The zero-order valence-electron chi connectivity index (χ0n) is 22.6. The van der Waals surface area contributed by atoms with Crippen LogP contribution in [0.4, 0.5) is 5.82 Å². The smallest absolute Gasteiger partial charge is 0.264 e. The molecule has 0 N–H and O–H groups in total. The first-order valence-corrected chi connectivity index (χ1v) is 14.4. The number of nitrogens with zero attached hydrogens (tertiary/aromatic N) is 5. The van der Waals surface area contributed by atoms with E-state index in [1.54, 1.807) is 12.0 Å². The third-order valence-corrected chi connectivity index (χ3v) is 7.93. The third kappa shape index (κ3) is 6.84. The molecule has 1 aliphatic heterocycles. The molecular weight excluding hydrogens is 522 g/mol. The lowest BCUT2D eigenvalue weighted by Gasteiger charge is -2.27. The fraction of sp³-hybridized carbons (Fsp3) is 0.290. The monoisotopic (exact) mass is 555 g/mol. The van der Waals surface area contributed by atoms with E-state index in [1.165, 1.54) is 11.3 Å². The van der Waals surface area contributed by atoms with Gasteiger partial charge in [0.15, 0.2) is 5.82 Å². The van der Waals surface area contributed by atoms with Crippen LogP contribution in [0.3, 0.4) is 0 Å². The van der Waals surface area contributed by atoms with Crippen molar-refractivity contribution in [3.8, 4) is 17.0 Å². The summed E-state index contributed by atoms with van der Waals surface area (Å²) in [5, 5.41) is 10.8. The quantitative estimate of drug-likeness (QED) is 0.300. The minimum atomic E-state index is -0.0945. The van der Waals surface area contributed by atoms with Gasteiger partial charge in [0.1, 0.15) is 12.3 Å². The van der Waals surface area contributed by atoms with Gasteiger partial charge in [0, 0.05) is 38.3 Å². The van der Waals surface area contributed by atoms with E-state index >= 15 is 0 Å². The van der Waals surface area contributed by atoms with Crippen LogP contribution in [0.5, 0.6) is 5.75 Å². The van der Waals surface area contributed by atoms with E-state index in [0.29, 0.717) is 37.5 Å². The fourth-order valence-electron chi connectivity index (χ4n) is 4.79. The molecule has 2 amide bonds. The average Bonchev–Trinajstić information content (AvgIpc) is 3.44. The largest absolute Gasteiger partial charge is 0.497 e. The second-order valence-electron chi connectivity index (χ2n) is 9.67. The Kier molecular flexibility index (Phi) is 9.03. The first-order chi connectivity index (χ1) is 19.6. The lowest BCUT2D eigenvalue weighted by molar-refractivity contribution is -0.131. The van der Waals surface area contributed by atoms with E-state index < -0.39 is 0 Å². The lowest BCUT2D eigenvalue weighted by atomic mass is 10.1. The van der Waals surface area contributed by atoms with Crippen LogP contribution in [0.1, 0.15) is 21.7 Å². The van der Waals surface area contributed by atoms with Gasteiger partial charge in [-0.15, -0.1) is 21.5 Å². The number of carbonyl (C=O) groups is 2. The number of benzene rings is 2. The molecule has 0 radical (unpaired) electrons. The van der Waals surface area contributed by atoms with Crippen molar-refractivity contribution in [1.29, 1.82) is 0 Å². The molecule has 0 aliphatic carbocycles. The predicted molar refractivity (Wildman–Crippen MR) is 158 cm³/mol. The van der Waals surface area contributed by atoms with Gasteiger partial charge in [-0.2, -0.15) is 0 Å². The molecule has 0 atom stereocenters. The average molecular weight is 556 g/mol. The molecule has 0 spiro atoms. The fourth-order valence-corrected chi connectivity index (χ4v) is 5.48. The Morgan fingerprint density at radius 2 is 1.73 bits per heavy atom. The summed E-state index contributed by atoms with van der Waals surface area (Å²) in [5.41, 5.74) is 2.91. The van der Waals surface area contributed by atoms with Crippen LogP contribution in [0.15, 0.2) is 84.2 Å². The topological polar surface area (TPSA) is 78.9 Å². The highest BCUT2D eigenvalue weighted by molar-refractivity contribution is 7.12. The van der Waals surface area contributed by atoms with Crippen molar-refractivity contribution in [2.75, 3.05) is 51.3 Å². The number of hydrogen-bond acceptors (Lipinski definition) is 7. The summed E-state index contributed by atoms with van der Waals surface area (Å²) < 4.78 is 5.23. The first kappa shape index (κ1) is 27.3. The van der Waals surface area contributed by atoms with Crippen molar-refractivity contribution in [2.45, 2.75) is 12.8 Å². The van der Waals surface area contributed by atoms with Gasteiger partial charge in [0.2, 0.25) is 5.91 Å². The Labute approximate surface area is 238 Å². The van der Waals surface area contributed by atoms with Gasteiger partial charge < -0.3 is 19.4 Å². The summed E-state index contributed by atoms with van der Waals surface area (Å²) in [4.78, 5) is 33.0. The summed E-state index contributed by atoms with van der Waals surface area (Å²) in [5.74, 6) is 1.47. The molecule has 1 fully saturated rings. The molecule has 0 unspecified atom stereocenters. The summed E-state index contributed by atoms with van der Waals surface area (Å²) in [7, 11) is 1.65. The second kappa shape index (κ2) is 13.2. The minimum Gasteiger partial charge on any atom is -0.497 e. The normalized spacial score (nSPS) is 13.5. The lowest BCUT2D eigenvalue weighted by Crippen LogP contribution is -2.44. The van der Waals surface area contributed by atoms with E-state index in [2.05, 4.69) is 15.1 Å². The minimum absolute atomic E-state index is 0.0271. The van der Waals surface area contributed by atoms with E-state index in [-0.39, 0.29) is 18.4 Å². The maximum Gasteiger partial charge on any atom is 0.264 e. The molecule has 5 rings (SSSR count). The van der Waals surface area contributed by atoms with Gasteiger partial charge >= 0.3 is 0 Å². The van der Waals surface area contributed by atoms with Crippen molar-refractivity contribution < 1.29 is 14.3 Å². The standard InChI is InChI=1S/C31H33N5O3S/c1-39-26-12-10-25(11-13-26)27-14-15-29(33-32-27)34-17-6-18-35(21-20-34)30(37)23-36(31(38)28-9-5-22-40-28)19-16-24-7-3-2-4-8-24/h2-5,7-15,22H,6,16-21,23H2,1H3.